The van der Waals surface area contributed by atoms with Gasteiger partial charge in [0, 0.05) is 6.54 Å². The van der Waals surface area contributed by atoms with Crippen LogP contribution in [0.15, 0.2) is 12.2 Å². The van der Waals surface area contributed by atoms with Gasteiger partial charge in [0.05, 0.1) is 11.8 Å². The molecule has 2 rings (SSSR count). The van der Waals surface area contributed by atoms with Crippen LogP contribution >= 0.6 is 0 Å². The van der Waals surface area contributed by atoms with Crippen LogP contribution in [0.4, 0.5) is 0 Å². The molecular weight excluding hydrogens is 206 g/mol. The van der Waals surface area contributed by atoms with Crippen LogP contribution in [0.1, 0.15) is 19.8 Å². The molecule has 2 aliphatic carbocycles. The van der Waals surface area contributed by atoms with Crippen molar-refractivity contribution in [1.82, 2.24) is 5.32 Å². The van der Waals surface area contributed by atoms with E-state index in [-0.39, 0.29) is 23.7 Å². The number of carbonyl (C=O) groups is 2. The molecule has 88 valence electrons. The molecule has 0 aromatic heterocycles. The van der Waals surface area contributed by atoms with E-state index in [4.69, 9.17) is 5.11 Å². The summed E-state index contributed by atoms with van der Waals surface area (Å²) in [5.74, 6) is -1.63. The normalized spacial score (nSPS) is 35.3. The summed E-state index contributed by atoms with van der Waals surface area (Å²) in [7, 11) is 0. The van der Waals surface area contributed by atoms with E-state index in [1.807, 2.05) is 19.1 Å². The summed E-state index contributed by atoms with van der Waals surface area (Å²) in [6.07, 6.45) is 5.65. The maximum absolute atomic E-state index is 11.9. The van der Waals surface area contributed by atoms with E-state index in [0.29, 0.717) is 6.54 Å². The number of hydrogen-bond acceptors (Lipinski definition) is 2. The molecule has 1 amide bonds. The fourth-order valence-corrected chi connectivity index (χ4v) is 2.88. The van der Waals surface area contributed by atoms with E-state index in [2.05, 4.69) is 5.32 Å². The minimum absolute atomic E-state index is 0.0554. The van der Waals surface area contributed by atoms with Gasteiger partial charge in [-0.1, -0.05) is 19.1 Å². The zero-order valence-corrected chi connectivity index (χ0v) is 9.35. The van der Waals surface area contributed by atoms with E-state index in [9.17, 15) is 9.59 Å². The number of allylic oxidation sites excluding steroid dienone is 2. The molecule has 0 aromatic rings. The number of rotatable bonds is 4. The highest BCUT2D eigenvalue weighted by Gasteiger charge is 2.51. The molecule has 0 saturated heterocycles. The number of aliphatic carboxylic acids is 1. The molecule has 1 saturated carbocycles. The molecule has 0 aliphatic heterocycles. The number of carbonyl (C=O) groups excluding carboxylic acids is 1. The largest absolute Gasteiger partial charge is 0.481 e. The average molecular weight is 223 g/mol. The lowest BCUT2D eigenvalue weighted by Gasteiger charge is -2.23. The topological polar surface area (TPSA) is 66.4 Å². The second kappa shape index (κ2) is 4.28. The lowest BCUT2D eigenvalue weighted by molar-refractivity contribution is -0.147. The first-order valence-electron chi connectivity index (χ1n) is 5.84. The summed E-state index contributed by atoms with van der Waals surface area (Å²) in [6, 6.07) is 0. The third-order valence-corrected chi connectivity index (χ3v) is 3.60. The minimum Gasteiger partial charge on any atom is -0.481 e. The average Bonchev–Trinajstić information content (AvgIpc) is 2.84. The summed E-state index contributed by atoms with van der Waals surface area (Å²) in [5, 5.41) is 12.0. The highest BCUT2D eigenvalue weighted by atomic mass is 16.4. The molecule has 4 nitrogen and oxygen atoms in total. The van der Waals surface area contributed by atoms with Crippen molar-refractivity contribution in [2.24, 2.45) is 23.7 Å². The van der Waals surface area contributed by atoms with Gasteiger partial charge in [-0.25, -0.2) is 0 Å². The van der Waals surface area contributed by atoms with Gasteiger partial charge in [-0.3, -0.25) is 9.59 Å². The molecule has 0 heterocycles. The number of carboxylic acid groups (broad SMARTS) is 1. The summed E-state index contributed by atoms with van der Waals surface area (Å²) < 4.78 is 0. The van der Waals surface area contributed by atoms with Crippen molar-refractivity contribution in [1.29, 1.82) is 0 Å². The molecule has 2 aliphatic rings. The number of carboxylic acids is 1. The highest BCUT2D eigenvalue weighted by molar-refractivity contribution is 5.86. The summed E-state index contributed by atoms with van der Waals surface area (Å²) in [4.78, 5) is 23.1. The van der Waals surface area contributed by atoms with E-state index >= 15 is 0 Å². The van der Waals surface area contributed by atoms with Gasteiger partial charge in [0.25, 0.3) is 0 Å². The first kappa shape index (κ1) is 11.2. The van der Waals surface area contributed by atoms with Crippen molar-refractivity contribution >= 4 is 11.9 Å². The van der Waals surface area contributed by atoms with E-state index in [0.717, 1.165) is 12.8 Å². The molecule has 16 heavy (non-hydrogen) atoms. The molecule has 2 bridgehead atoms. The Kier molecular flexibility index (Phi) is 2.99. The molecule has 0 unspecified atom stereocenters. The van der Waals surface area contributed by atoms with Gasteiger partial charge in [0.2, 0.25) is 5.91 Å². The molecule has 4 heteroatoms. The first-order valence-corrected chi connectivity index (χ1v) is 5.84. The molecule has 1 fully saturated rings. The maximum atomic E-state index is 11.9. The van der Waals surface area contributed by atoms with Crippen molar-refractivity contribution in [3.8, 4) is 0 Å². The number of amides is 1. The van der Waals surface area contributed by atoms with Gasteiger partial charge in [-0.05, 0) is 24.7 Å². The molecule has 0 radical (unpaired) electrons. The van der Waals surface area contributed by atoms with Crippen LogP contribution < -0.4 is 5.32 Å². The van der Waals surface area contributed by atoms with Gasteiger partial charge < -0.3 is 10.4 Å². The van der Waals surface area contributed by atoms with Crippen molar-refractivity contribution in [3.05, 3.63) is 12.2 Å². The van der Waals surface area contributed by atoms with E-state index in [1.165, 1.54) is 0 Å². The van der Waals surface area contributed by atoms with Crippen LogP contribution in [0.25, 0.3) is 0 Å². The number of fused-ring (bicyclic) bond motifs is 2. The standard InChI is InChI=1S/C12H17NO3/c1-2-5-13-11(14)9-7-3-4-8(6-7)10(9)12(15)16/h3-4,7-10H,2,5-6H2,1H3,(H,13,14)(H,15,16)/t7-,8-,9-,10+/m0/s1. The first-order chi connectivity index (χ1) is 7.65. The summed E-state index contributed by atoms with van der Waals surface area (Å²) in [6.45, 7) is 2.61. The number of hydrogen-bond donors (Lipinski definition) is 2. The van der Waals surface area contributed by atoms with Crippen LogP contribution in [0.3, 0.4) is 0 Å². The minimum atomic E-state index is -0.839. The van der Waals surface area contributed by atoms with Crippen LogP contribution in [-0.2, 0) is 9.59 Å². The number of nitrogens with one attached hydrogen (secondary N) is 1. The Morgan fingerprint density at radius 1 is 1.31 bits per heavy atom. The molecule has 2 N–H and O–H groups in total. The van der Waals surface area contributed by atoms with Crippen molar-refractivity contribution in [2.45, 2.75) is 19.8 Å². The van der Waals surface area contributed by atoms with Gasteiger partial charge in [0.1, 0.15) is 0 Å². The third kappa shape index (κ3) is 1.72. The fraction of sp³-hybridized carbons (Fsp3) is 0.667. The quantitative estimate of drug-likeness (QED) is 0.700. The Hall–Kier alpha value is -1.32. The lowest BCUT2D eigenvalue weighted by atomic mass is 9.82. The summed E-state index contributed by atoms with van der Waals surface area (Å²) in [5.41, 5.74) is 0. The SMILES string of the molecule is CCCNC(=O)[C@@H]1[C@H](C(=O)O)[C@H]2C=C[C@H]1C2. The van der Waals surface area contributed by atoms with Crippen LogP contribution in [0, 0.1) is 23.7 Å². The van der Waals surface area contributed by atoms with E-state index < -0.39 is 11.9 Å². The van der Waals surface area contributed by atoms with Crippen molar-refractivity contribution < 1.29 is 14.7 Å². The smallest absolute Gasteiger partial charge is 0.307 e. The van der Waals surface area contributed by atoms with Crippen LogP contribution in [0.2, 0.25) is 0 Å². The van der Waals surface area contributed by atoms with Crippen LogP contribution in [-0.4, -0.2) is 23.5 Å². The predicted molar refractivity (Wildman–Crippen MR) is 58.7 cm³/mol. The van der Waals surface area contributed by atoms with Crippen molar-refractivity contribution in [3.63, 3.8) is 0 Å². The fourth-order valence-electron chi connectivity index (χ4n) is 2.88. The van der Waals surface area contributed by atoms with Gasteiger partial charge >= 0.3 is 5.97 Å². The Labute approximate surface area is 94.7 Å². The molecule has 0 aromatic carbocycles. The Balaban J connectivity index is 2.10. The second-order valence-electron chi connectivity index (χ2n) is 4.63. The molecule has 0 spiro atoms. The predicted octanol–water partition coefficient (Wildman–Crippen LogP) is 1.04. The second-order valence-corrected chi connectivity index (χ2v) is 4.63. The monoisotopic (exact) mass is 223 g/mol. The van der Waals surface area contributed by atoms with E-state index in [1.54, 1.807) is 0 Å². The zero-order chi connectivity index (χ0) is 11.7. The van der Waals surface area contributed by atoms with Gasteiger partial charge in [-0.2, -0.15) is 0 Å². The Morgan fingerprint density at radius 2 is 1.94 bits per heavy atom. The van der Waals surface area contributed by atoms with Crippen LogP contribution in [0.5, 0.6) is 0 Å². The van der Waals surface area contributed by atoms with Crippen molar-refractivity contribution in [2.75, 3.05) is 6.54 Å². The molecular formula is C12H17NO3. The van der Waals surface area contributed by atoms with Gasteiger partial charge in [-0.15, -0.1) is 0 Å². The Morgan fingerprint density at radius 3 is 2.50 bits per heavy atom. The summed E-state index contributed by atoms with van der Waals surface area (Å²) >= 11 is 0. The Bertz CT molecular complexity index is 337. The van der Waals surface area contributed by atoms with Gasteiger partial charge in [0.15, 0.2) is 0 Å². The highest BCUT2D eigenvalue weighted by Crippen LogP contribution is 2.48. The third-order valence-electron chi connectivity index (χ3n) is 3.60. The zero-order valence-electron chi connectivity index (χ0n) is 9.35. The lowest BCUT2D eigenvalue weighted by Crippen LogP contribution is -2.40. The molecule has 4 atom stereocenters. The maximum Gasteiger partial charge on any atom is 0.307 e.